The number of rotatable bonds is 22. The fourth-order valence-corrected chi connectivity index (χ4v) is 9.53. The van der Waals surface area contributed by atoms with Gasteiger partial charge in [-0.3, -0.25) is 39.1 Å². The van der Waals surface area contributed by atoms with Gasteiger partial charge in [0.2, 0.25) is 17.7 Å². The third-order valence-corrected chi connectivity index (χ3v) is 13.3. The highest BCUT2D eigenvalue weighted by molar-refractivity contribution is 6.32. The molecule has 0 saturated carbocycles. The zero-order valence-electron chi connectivity index (χ0n) is 39.5. The summed E-state index contributed by atoms with van der Waals surface area (Å²) < 4.78 is 30.2. The van der Waals surface area contributed by atoms with Crippen LogP contribution in [0.4, 0.5) is 5.69 Å². The van der Waals surface area contributed by atoms with Gasteiger partial charge in [0.25, 0.3) is 11.8 Å². The van der Waals surface area contributed by atoms with Crippen LogP contribution in [0.25, 0.3) is 22.2 Å². The molecule has 69 heavy (non-hydrogen) atoms. The molecule has 0 aliphatic carbocycles. The molecule has 0 spiro atoms. The van der Waals surface area contributed by atoms with Gasteiger partial charge in [0.05, 0.1) is 86.0 Å². The number of carbonyl (C=O) groups is 5. The van der Waals surface area contributed by atoms with Crippen LogP contribution in [0.1, 0.15) is 69.7 Å². The molecule has 3 aromatic carbocycles. The molecule has 2 saturated heterocycles. The van der Waals surface area contributed by atoms with Gasteiger partial charge >= 0.3 is 0 Å². The zero-order valence-corrected chi connectivity index (χ0v) is 40.3. The molecule has 1 unspecified atom stereocenters. The number of aryl methyl sites for hydroxylation is 4. The molecule has 8 rings (SSSR count). The van der Waals surface area contributed by atoms with Gasteiger partial charge in [-0.05, 0) is 87.2 Å². The van der Waals surface area contributed by atoms with Crippen molar-refractivity contribution in [2.45, 2.75) is 71.5 Å². The Labute approximate surface area is 405 Å². The molecule has 2 fully saturated rings. The first-order valence-corrected chi connectivity index (χ1v) is 23.9. The molecule has 19 heteroatoms. The third-order valence-electron chi connectivity index (χ3n) is 13.0. The lowest BCUT2D eigenvalue weighted by Crippen LogP contribution is -2.54. The summed E-state index contributed by atoms with van der Waals surface area (Å²) in [5, 5.41) is 10.1. The lowest BCUT2D eigenvalue weighted by molar-refractivity contribution is -0.136. The van der Waals surface area contributed by atoms with E-state index in [1.807, 2.05) is 36.9 Å². The lowest BCUT2D eigenvalue weighted by atomic mass is 10.0. The molecule has 3 aliphatic rings. The number of imide groups is 2. The number of hydrogen-bond acceptors (Lipinski definition) is 14. The van der Waals surface area contributed by atoms with E-state index in [0.717, 1.165) is 82.4 Å². The molecule has 3 aliphatic heterocycles. The number of piperazine rings is 1. The van der Waals surface area contributed by atoms with E-state index in [1.165, 1.54) is 0 Å². The van der Waals surface area contributed by atoms with Gasteiger partial charge in [0, 0.05) is 69.4 Å². The van der Waals surface area contributed by atoms with Crippen molar-refractivity contribution in [1.82, 2.24) is 34.7 Å². The quantitative estimate of drug-likeness (QED) is 0.0674. The van der Waals surface area contributed by atoms with Gasteiger partial charge in [-0.2, -0.15) is 0 Å². The molecular formula is C50H59ClN8O10. The van der Waals surface area contributed by atoms with Crippen molar-refractivity contribution in [3.05, 3.63) is 93.6 Å². The van der Waals surface area contributed by atoms with E-state index < -0.39 is 29.7 Å². The minimum Gasteiger partial charge on any atom is -0.495 e. The summed E-state index contributed by atoms with van der Waals surface area (Å²) >= 11 is 6.47. The van der Waals surface area contributed by atoms with E-state index in [4.69, 9.17) is 40.1 Å². The highest BCUT2D eigenvalue weighted by Gasteiger charge is 2.44. The van der Waals surface area contributed by atoms with Crippen LogP contribution in [0.2, 0.25) is 5.02 Å². The maximum absolute atomic E-state index is 13.1. The number of hydrogen-bond donors (Lipinski definition) is 2. The predicted molar refractivity (Wildman–Crippen MR) is 256 cm³/mol. The van der Waals surface area contributed by atoms with Crippen molar-refractivity contribution in [1.29, 1.82) is 0 Å². The Morgan fingerprint density at radius 3 is 2.33 bits per heavy atom. The number of nitrogens with one attached hydrogen (secondary N) is 2. The smallest absolute Gasteiger partial charge is 0.262 e. The van der Waals surface area contributed by atoms with Crippen molar-refractivity contribution in [2.75, 3.05) is 84.8 Å². The SMILES string of the molecule is COc1ccc(CCc2nc3cc(-c4c(C)noc4C)ccc3n2C[C@H](C)N2CCN(C(=O)CCOCCOCCOCCNc3ccc4c(c3)C(=O)N(C3CCC(=O)NC3=O)C4=O)CC2)cc1Cl. The Morgan fingerprint density at radius 1 is 0.884 bits per heavy atom. The highest BCUT2D eigenvalue weighted by atomic mass is 35.5. The molecule has 2 N–H and O–H groups in total. The summed E-state index contributed by atoms with van der Waals surface area (Å²) in [5.74, 6) is 0.336. The Hall–Kier alpha value is -6.18. The number of halogens is 1. The Bertz CT molecular complexity index is 2680. The molecule has 2 aromatic heterocycles. The second-order valence-electron chi connectivity index (χ2n) is 17.5. The first kappa shape index (κ1) is 49.2. The monoisotopic (exact) mass is 966 g/mol. The Balaban J connectivity index is 0.714. The molecule has 366 valence electrons. The second kappa shape index (κ2) is 22.5. The number of amides is 5. The zero-order chi connectivity index (χ0) is 48.6. The minimum atomic E-state index is -1.01. The van der Waals surface area contributed by atoms with Crippen LogP contribution in [-0.2, 0) is 48.0 Å². The number of methoxy groups -OCH3 is 1. The van der Waals surface area contributed by atoms with Gasteiger partial charge in [0.15, 0.2) is 0 Å². The Kier molecular flexibility index (Phi) is 16.1. The van der Waals surface area contributed by atoms with Gasteiger partial charge in [-0.1, -0.05) is 28.9 Å². The van der Waals surface area contributed by atoms with Crippen LogP contribution in [0.3, 0.4) is 0 Å². The normalized spacial score (nSPS) is 16.9. The van der Waals surface area contributed by atoms with Crippen LogP contribution in [0.15, 0.2) is 59.1 Å². The first-order chi connectivity index (χ1) is 33.4. The molecular weight excluding hydrogens is 908 g/mol. The van der Waals surface area contributed by atoms with E-state index in [9.17, 15) is 24.0 Å². The maximum Gasteiger partial charge on any atom is 0.262 e. The van der Waals surface area contributed by atoms with E-state index >= 15 is 0 Å². The topological polar surface area (TPSA) is 200 Å². The summed E-state index contributed by atoms with van der Waals surface area (Å²) in [4.78, 5) is 73.5. The molecule has 0 bridgehead atoms. The predicted octanol–water partition coefficient (Wildman–Crippen LogP) is 5.24. The van der Waals surface area contributed by atoms with Crippen LogP contribution >= 0.6 is 11.6 Å². The molecule has 0 radical (unpaired) electrons. The average molecular weight is 968 g/mol. The van der Waals surface area contributed by atoms with Crippen molar-refractivity contribution in [2.24, 2.45) is 0 Å². The number of fused-ring (bicyclic) bond motifs is 2. The fourth-order valence-electron chi connectivity index (χ4n) is 9.25. The number of benzene rings is 3. The standard InChI is InChI=1S/C50H59ClN8O10/c1-31(30-58-41-10-7-35(47-32(2)55-69-33(47)3)28-40(41)53-44(58)13-6-34-5-12-43(65-4)39(51)27-34)56-17-19-57(20-18-56)46(61)15-21-66-23-25-68-26-24-67-22-16-52-36-8-9-37-38(29-36)50(64)59(49(37)63)42-11-14-45(60)54-48(42)62/h5,7-10,12,27-29,31,42,52H,6,11,13-26,30H2,1-4H3,(H,54,60,62)/t31-,42?/m0/s1. The number of piperidine rings is 1. The fraction of sp³-hybridized carbons (Fsp3) is 0.460. The van der Waals surface area contributed by atoms with Gasteiger partial charge in [-0.15, -0.1) is 0 Å². The van der Waals surface area contributed by atoms with Crippen LogP contribution < -0.4 is 15.4 Å². The number of imidazole rings is 1. The molecule has 5 amide bonds. The molecule has 18 nitrogen and oxygen atoms in total. The maximum atomic E-state index is 13.1. The van der Waals surface area contributed by atoms with Crippen molar-refractivity contribution in [3.8, 4) is 16.9 Å². The van der Waals surface area contributed by atoms with Gasteiger partial charge in [0.1, 0.15) is 23.4 Å². The summed E-state index contributed by atoms with van der Waals surface area (Å²) in [6.45, 7) is 12.3. The second-order valence-corrected chi connectivity index (χ2v) is 17.9. The van der Waals surface area contributed by atoms with E-state index in [-0.39, 0.29) is 35.9 Å². The number of nitrogens with zero attached hydrogens (tertiary/aromatic N) is 6. The number of anilines is 1. The highest BCUT2D eigenvalue weighted by Crippen LogP contribution is 2.32. The van der Waals surface area contributed by atoms with Crippen molar-refractivity contribution >= 4 is 57.9 Å². The number of ether oxygens (including phenoxy) is 4. The average Bonchev–Trinajstić information content (AvgIpc) is 3.95. The van der Waals surface area contributed by atoms with Gasteiger partial charge in [-0.25, -0.2) is 4.98 Å². The lowest BCUT2D eigenvalue weighted by Gasteiger charge is -2.38. The van der Waals surface area contributed by atoms with Crippen LogP contribution in [0.5, 0.6) is 5.75 Å². The molecule has 5 aromatic rings. The van der Waals surface area contributed by atoms with Crippen molar-refractivity contribution < 1.29 is 47.4 Å². The van der Waals surface area contributed by atoms with E-state index in [1.54, 1.807) is 25.3 Å². The summed E-state index contributed by atoms with van der Waals surface area (Å²) in [6.07, 6.45) is 1.96. The first-order valence-electron chi connectivity index (χ1n) is 23.5. The Morgan fingerprint density at radius 2 is 1.62 bits per heavy atom. The van der Waals surface area contributed by atoms with E-state index in [0.29, 0.717) is 82.2 Å². The summed E-state index contributed by atoms with van der Waals surface area (Å²) in [6, 6.07) is 16.3. The third kappa shape index (κ3) is 11.5. The van der Waals surface area contributed by atoms with Gasteiger partial charge < -0.3 is 38.3 Å². The number of carbonyl (C=O) groups excluding carboxylic acids is 5. The molecule has 5 heterocycles. The van der Waals surface area contributed by atoms with Crippen LogP contribution in [-0.4, -0.2) is 151 Å². The van der Waals surface area contributed by atoms with E-state index in [2.05, 4.69) is 50.4 Å². The number of aromatic nitrogens is 3. The molecule has 2 atom stereocenters. The summed E-state index contributed by atoms with van der Waals surface area (Å²) in [7, 11) is 1.61. The van der Waals surface area contributed by atoms with Crippen LogP contribution in [0, 0.1) is 13.8 Å². The van der Waals surface area contributed by atoms with Crippen molar-refractivity contribution in [3.63, 3.8) is 0 Å². The minimum absolute atomic E-state index is 0.0641. The largest absolute Gasteiger partial charge is 0.495 e. The summed E-state index contributed by atoms with van der Waals surface area (Å²) in [5.41, 5.74) is 7.01.